The van der Waals surface area contributed by atoms with Crippen LogP contribution in [0.4, 0.5) is 15.0 Å². The third-order valence-electron chi connectivity index (χ3n) is 6.58. The van der Waals surface area contributed by atoms with Crippen LogP contribution in [-0.4, -0.2) is 83.7 Å². The Bertz CT molecular complexity index is 1030. The van der Waals surface area contributed by atoms with Crippen molar-refractivity contribution in [2.75, 3.05) is 44.2 Å². The fourth-order valence-corrected chi connectivity index (χ4v) is 4.66. The van der Waals surface area contributed by atoms with Crippen LogP contribution in [0.15, 0.2) is 48.7 Å². The molecule has 1 aromatic carbocycles. The quantitative estimate of drug-likeness (QED) is 0.634. The highest BCUT2D eigenvalue weighted by atomic mass is 19.1. The molecule has 36 heavy (non-hydrogen) atoms. The first-order valence-electron chi connectivity index (χ1n) is 12.6. The minimum absolute atomic E-state index is 0.0456. The van der Waals surface area contributed by atoms with Gasteiger partial charge < -0.3 is 19.9 Å². The average molecular weight is 498 g/mol. The number of nitrogens with one attached hydrogen (secondary N) is 1. The molecule has 0 spiro atoms. The van der Waals surface area contributed by atoms with Crippen molar-refractivity contribution in [3.8, 4) is 0 Å². The van der Waals surface area contributed by atoms with E-state index in [4.69, 9.17) is 4.74 Å². The fraction of sp³-hybridized carbons (Fsp3) is 0.519. The molecule has 2 saturated heterocycles. The van der Waals surface area contributed by atoms with Gasteiger partial charge in [0.15, 0.2) is 0 Å². The van der Waals surface area contributed by atoms with Gasteiger partial charge in [-0.05, 0) is 51.0 Å². The first-order valence-corrected chi connectivity index (χ1v) is 12.6. The number of alkyl carbamates (subject to hydrolysis) is 1. The van der Waals surface area contributed by atoms with Crippen LogP contribution in [-0.2, 0) is 16.0 Å². The largest absolute Gasteiger partial charge is 0.444 e. The van der Waals surface area contributed by atoms with Crippen LogP contribution < -0.4 is 10.2 Å². The highest BCUT2D eigenvalue weighted by molar-refractivity contribution is 5.79. The number of amides is 2. The van der Waals surface area contributed by atoms with Gasteiger partial charge in [0.1, 0.15) is 17.2 Å². The van der Waals surface area contributed by atoms with Gasteiger partial charge in [-0.3, -0.25) is 9.69 Å². The second-order valence-electron chi connectivity index (χ2n) is 10.5. The van der Waals surface area contributed by atoms with Gasteiger partial charge in [-0.1, -0.05) is 24.3 Å². The standard InChI is InChI=1S/C27H36FN5O3/c1-27(2,3)36-26(35)30-21(16-20-8-4-5-9-23(20)28)17-25(34)33-18-22(19-33)31-12-14-32(15-13-31)24-10-6-7-11-29-24/h4-11,21-22H,12-19H2,1-3H3,(H,30,35). The summed E-state index contributed by atoms with van der Waals surface area (Å²) in [7, 11) is 0. The van der Waals surface area contributed by atoms with Crippen molar-refractivity contribution in [2.24, 2.45) is 0 Å². The number of likely N-dealkylation sites (tertiary alicyclic amines) is 1. The Hall–Kier alpha value is -3.20. The lowest BCUT2D eigenvalue weighted by Gasteiger charge is -2.48. The van der Waals surface area contributed by atoms with Gasteiger partial charge in [0.05, 0.1) is 0 Å². The maximum absolute atomic E-state index is 14.3. The molecule has 2 aliphatic heterocycles. The Labute approximate surface area is 212 Å². The average Bonchev–Trinajstić information content (AvgIpc) is 2.79. The number of anilines is 1. The zero-order valence-corrected chi connectivity index (χ0v) is 21.3. The van der Waals surface area contributed by atoms with Gasteiger partial charge in [-0.25, -0.2) is 14.2 Å². The summed E-state index contributed by atoms with van der Waals surface area (Å²) in [6, 6.07) is 12.2. The maximum atomic E-state index is 14.3. The van der Waals surface area contributed by atoms with E-state index < -0.39 is 17.7 Å². The predicted octanol–water partition coefficient (Wildman–Crippen LogP) is 3.08. The molecule has 0 saturated carbocycles. The van der Waals surface area contributed by atoms with Crippen molar-refractivity contribution >= 4 is 17.8 Å². The lowest BCUT2D eigenvalue weighted by atomic mass is 10.00. The molecule has 4 rings (SSSR count). The number of halogens is 1. The first-order chi connectivity index (χ1) is 17.2. The second-order valence-corrected chi connectivity index (χ2v) is 10.5. The van der Waals surface area contributed by atoms with Gasteiger partial charge in [0, 0.05) is 64.0 Å². The zero-order chi connectivity index (χ0) is 25.7. The number of aromatic nitrogens is 1. The summed E-state index contributed by atoms with van der Waals surface area (Å²) in [5.41, 5.74) is -0.208. The van der Waals surface area contributed by atoms with Crippen LogP contribution in [0.25, 0.3) is 0 Å². The van der Waals surface area contributed by atoms with E-state index in [-0.39, 0.29) is 24.6 Å². The summed E-state index contributed by atoms with van der Waals surface area (Å²) >= 11 is 0. The number of pyridine rings is 1. The molecule has 3 heterocycles. The number of carbonyl (C=O) groups is 2. The number of hydrogen-bond donors (Lipinski definition) is 1. The third kappa shape index (κ3) is 6.94. The van der Waals surface area contributed by atoms with Crippen molar-refractivity contribution in [3.05, 3.63) is 60.0 Å². The molecule has 2 aromatic rings. The number of nitrogens with zero attached hydrogens (tertiary/aromatic N) is 4. The van der Waals surface area contributed by atoms with Gasteiger partial charge >= 0.3 is 6.09 Å². The topological polar surface area (TPSA) is 78.0 Å². The van der Waals surface area contributed by atoms with E-state index in [0.717, 1.165) is 32.0 Å². The van der Waals surface area contributed by atoms with Gasteiger partial charge in [0.2, 0.25) is 5.91 Å². The maximum Gasteiger partial charge on any atom is 0.407 e. The Morgan fingerprint density at radius 2 is 1.78 bits per heavy atom. The third-order valence-corrected chi connectivity index (χ3v) is 6.58. The molecule has 0 aliphatic carbocycles. The monoisotopic (exact) mass is 497 g/mol. The number of rotatable bonds is 7. The fourth-order valence-electron chi connectivity index (χ4n) is 4.66. The Morgan fingerprint density at radius 1 is 1.08 bits per heavy atom. The van der Waals surface area contributed by atoms with Crippen LogP contribution in [0.5, 0.6) is 0 Å². The Kier molecular flexibility index (Phi) is 8.08. The SMILES string of the molecule is CC(C)(C)OC(=O)NC(CC(=O)N1CC(N2CCN(c3ccccn3)CC2)C1)Cc1ccccc1F. The molecule has 1 N–H and O–H groups in total. The van der Waals surface area contributed by atoms with Crippen molar-refractivity contribution < 1.29 is 18.7 Å². The summed E-state index contributed by atoms with van der Waals surface area (Å²) in [6.07, 6.45) is 1.51. The highest BCUT2D eigenvalue weighted by Crippen LogP contribution is 2.21. The van der Waals surface area contributed by atoms with Gasteiger partial charge in [0.25, 0.3) is 0 Å². The van der Waals surface area contributed by atoms with Crippen LogP contribution in [0.3, 0.4) is 0 Å². The second kappa shape index (κ2) is 11.2. The summed E-state index contributed by atoms with van der Waals surface area (Å²) in [5, 5.41) is 2.78. The van der Waals surface area contributed by atoms with Crippen molar-refractivity contribution in [2.45, 2.75) is 51.3 Å². The van der Waals surface area contributed by atoms with Crippen molar-refractivity contribution in [3.63, 3.8) is 0 Å². The molecule has 1 unspecified atom stereocenters. The number of benzene rings is 1. The molecule has 2 fully saturated rings. The van der Waals surface area contributed by atoms with E-state index in [1.54, 1.807) is 39.0 Å². The van der Waals surface area contributed by atoms with E-state index in [9.17, 15) is 14.0 Å². The summed E-state index contributed by atoms with van der Waals surface area (Å²) in [4.78, 5) is 36.4. The van der Waals surface area contributed by atoms with Gasteiger partial charge in [-0.15, -0.1) is 0 Å². The van der Waals surface area contributed by atoms with Crippen molar-refractivity contribution in [1.82, 2.24) is 20.1 Å². The minimum atomic E-state index is -0.665. The highest BCUT2D eigenvalue weighted by Gasteiger charge is 2.37. The molecular weight excluding hydrogens is 461 g/mol. The first kappa shape index (κ1) is 25.9. The van der Waals surface area contributed by atoms with Gasteiger partial charge in [-0.2, -0.15) is 0 Å². The van der Waals surface area contributed by atoms with Crippen LogP contribution in [0.1, 0.15) is 32.8 Å². The number of piperazine rings is 1. The van der Waals surface area contributed by atoms with Crippen LogP contribution >= 0.6 is 0 Å². The molecule has 8 nitrogen and oxygen atoms in total. The van der Waals surface area contributed by atoms with E-state index >= 15 is 0 Å². The Balaban J connectivity index is 1.28. The predicted molar refractivity (Wildman–Crippen MR) is 136 cm³/mol. The molecule has 1 atom stereocenters. The van der Waals surface area contributed by atoms with E-state index in [1.807, 2.05) is 29.3 Å². The summed E-state index contributed by atoms with van der Waals surface area (Å²) in [6.45, 7) is 10.3. The van der Waals surface area contributed by atoms with E-state index in [2.05, 4.69) is 20.1 Å². The normalized spacial score (nSPS) is 17.9. The van der Waals surface area contributed by atoms with Crippen LogP contribution in [0.2, 0.25) is 0 Å². The molecule has 194 valence electrons. The Morgan fingerprint density at radius 3 is 2.42 bits per heavy atom. The molecular formula is C27H36FN5O3. The zero-order valence-electron chi connectivity index (χ0n) is 21.3. The summed E-state index contributed by atoms with van der Waals surface area (Å²) < 4.78 is 19.6. The van der Waals surface area contributed by atoms with E-state index in [1.165, 1.54) is 6.07 Å². The minimum Gasteiger partial charge on any atom is -0.444 e. The lowest BCUT2D eigenvalue weighted by Crippen LogP contribution is -2.64. The smallest absolute Gasteiger partial charge is 0.407 e. The number of hydrogen-bond acceptors (Lipinski definition) is 6. The lowest BCUT2D eigenvalue weighted by molar-refractivity contribution is -0.139. The molecule has 1 aromatic heterocycles. The van der Waals surface area contributed by atoms with Crippen molar-refractivity contribution in [1.29, 1.82) is 0 Å². The number of ether oxygens (including phenoxy) is 1. The molecule has 9 heteroatoms. The molecule has 0 bridgehead atoms. The summed E-state index contributed by atoms with van der Waals surface area (Å²) in [5.74, 6) is 0.603. The molecule has 0 radical (unpaired) electrons. The molecule has 2 amide bonds. The molecule has 2 aliphatic rings. The number of carbonyl (C=O) groups excluding carboxylic acids is 2. The van der Waals surface area contributed by atoms with Crippen LogP contribution in [0, 0.1) is 5.82 Å². The van der Waals surface area contributed by atoms with E-state index in [0.29, 0.717) is 24.7 Å².